The van der Waals surface area contributed by atoms with Gasteiger partial charge in [-0.05, 0) is 19.9 Å². The summed E-state index contributed by atoms with van der Waals surface area (Å²) < 4.78 is 19.0. The second-order valence-corrected chi connectivity index (χ2v) is 4.27. The Morgan fingerprint density at radius 2 is 2.26 bits per heavy atom. The molecule has 19 heavy (non-hydrogen) atoms. The molecule has 104 valence electrons. The molecule has 5 heteroatoms. The summed E-state index contributed by atoms with van der Waals surface area (Å²) in [5, 5.41) is 2.60. The molecule has 0 aliphatic rings. The van der Waals surface area contributed by atoms with Crippen LogP contribution in [0.1, 0.15) is 25.5 Å². The van der Waals surface area contributed by atoms with E-state index in [4.69, 9.17) is 10.5 Å². The Labute approximate surface area is 112 Å². The fourth-order valence-electron chi connectivity index (χ4n) is 1.52. The molecule has 0 radical (unpaired) electrons. The first kappa shape index (κ1) is 15.2. The number of carbonyl (C=O) groups excluding carboxylic acids is 1. The van der Waals surface area contributed by atoms with Gasteiger partial charge in [-0.15, -0.1) is 6.58 Å². The summed E-state index contributed by atoms with van der Waals surface area (Å²) in [4.78, 5) is 11.6. The summed E-state index contributed by atoms with van der Waals surface area (Å²) in [6.45, 7) is 7.15. The van der Waals surface area contributed by atoms with Crippen LogP contribution < -0.4 is 15.8 Å². The van der Waals surface area contributed by atoms with Crippen LogP contribution in [-0.4, -0.2) is 18.6 Å². The van der Waals surface area contributed by atoms with Gasteiger partial charge in [-0.1, -0.05) is 12.1 Å². The topological polar surface area (TPSA) is 64.3 Å². The van der Waals surface area contributed by atoms with Crippen molar-refractivity contribution in [3.05, 3.63) is 42.2 Å². The van der Waals surface area contributed by atoms with Crippen molar-refractivity contribution in [2.75, 3.05) is 6.54 Å². The number of hydrogen-bond acceptors (Lipinski definition) is 3. The van der Waals surface area contributed by atoms with Crippen molar-refractivity contribution >= 4 is 5.91 Å². The predicted molar refractivity (Wildman–Crippen MR) is 72.3 cm³/mol. The number of carbonyl (C=O) groups is 1. The molecule has 0 fully saturated rings. The highest BCUT2D eigenvalue weighted by Gasteiger charge is 2.15. The highest BCUT2D eigenvalue weighted by atomic mass is 19.1. The Bertz CT molecular complexity index is 461. The van der Waals surface area contributed by atoms with Gasteiger partial charge in [-0.2, -0.15) is 0 Å². The lowest BCUT2D eigenvalue weighted by atomic mass is 10.1. The van der Waals surface area contributed by atoms with Gasteiger partial charge in [0.15, 0.2) is 6.10 Å². The standard InChI is InChI=1S/C14H19FN2O2/c1-4-7-17-14(18)10(3)19-11-5-6-12(9(2)16)13(15)8-11/h4-6,8-10H,1,7,16H2,2-3H3,(H,17,18)/t9-,10?/m1/s1. The number of nitrogens with two attached hydrogens (primary N) is 1. The SMILES string of the molecule is C=CCNC(=O)C(C)Oc1ccc([C@@H](C)N)c(F)c1. The summed E-state index contributed by atoms with van der Waals surface area (Å²) >= 11 is 0. The van der Waals surface area contributed by atoms with E-state index in [0.29, 0.717) is 17.9 Å². The zero-order chi connectivity index (χ0) is 14.4. The lowest BCUT2D eigenvalue weighted by Crippen LogP contribution is -2.36. The molecule has 1 aromatic rings. The van der Waals surface area contributed by atoms with E-state index < -0.39 is 11.9 Å². The first-order valence-electron chi connectivity index (χ1n) is 6.06. The van der Waals surface area contributed by atoms with Crippen LogP contribution >= 0.6 is 0 Å². The Morgan fingerprint density at radius 1 is 1.58 bits per heavy atom. The van der Waals surface area contributed by atoms with Crippen molar-refractivity contribution in [2.45, 2.75) is 26.0 Å². The van der Waals surface area contributed by atoms with Crippen molar-refractivity contribution in [3.8, 4) is 5.75 Å². The fourth-order valence-corrected chi connectivity index (χ4v) is 1.52. The Morgan fingerprint density at radius 3 is 2.79 bits per heavy atom. The van der Waals surface area contributed by atoms with Crippen molar-refractivity contribution in [3.63, 3.8) is 0 Å². The van der Waals surface area contributed by atoms with Crippen LogP contribution in [0.4, 0.5) is 4.39 Å². The van der Waals surface area contributed by atoms with Crippen molar-refractivity contribution < 1.29 is 13.9 Å². The molecule has 0 bridgehead atoms. The van der Waals surface area contributed by atoms with Crippen LogP contribution in [0.2, 0.25) is 0 Å². The van der Waals surface area contributed by atoms with Crippen LogP contribution in [0, 0.1) is 5.82 Å². The lowest BCUT2D eigenvalue weighted by molar-refractivity contribution is -0.127. The van der Waals surface area contributed by atoms with Gasteiger partial charge in [-0.3, -0.25) is 4.79 Å². The highest BCUT2D eigenvalue weighted by Crippen LogP contribution is 2.21. The van der Waals surface area contributed by atoms with E-state index in [0.717, 1.165) is 0 Å². The second kappa shape index (κ2) is 6.89. The molecule has 1 aromatic carbocycles. The Balaban J connectivity index is 2.69. The van der Waals surface area contributed by atoms with E-state index >= 15 is 0 Å². The summed E-state index contributed by atoms with van der Waals surface area (Å²) in [5.41, 5.74) is 6.03. The van der Waals surface area contributed by atoms with Crippen molar-refractivity contribution in [1.82, 2.24) is 5.32 Å². The quantitative estimate of drug-likeness (QED) is 0.773. The van der Waals surface area contributed by atoms with Gasteiger partial charge < -0.3 is 15.8 Å². The number of nitrogens with one attached hydrogen (secondary N) is 1. The van der Waals surface area contributed by atoms with E-state index in [1.165, 1.54) is 6.07 Å². The third kappa shape index (κ3) is 4.37. The number of hydrogen-bond donors (Lipinski definition) is 2. The van der Waals surface area contributed by atoms with Gasteiger partial charge in [0.2, 0.25) is 0 Å². The van der Waals surface area contributed by atoms with E-state index in [-0.39, 0.29) is 11.9 Å². The number of amides is 1. The van der Waals surface area contributed by atoms with Gasteiger partial charge in [0, 0.05) is 24.2 Å². The molecule has 1 unspecified atom stereocenters. The largest absolute Gasteiger partial charge is 0.481 e. The number of ether oxygens (including phenoxy) is 1. The second-order valence-electron chi connectivity index (χ2n) is 4.27. The molecule has 0 aromatic heterocycles. The maximum atomic E-state index is 13.7. The van der Waals surface area contributed by atoms with Crippen LogP contribution in [-0.2, 0) is 4.79 Å². The normalized spacial score (nSPS) is 13.5. The summed E-state index contributed by atoms with van der Waals surface area (Å²) in [6, 6.07) is 4.00. The first-order chi connectivity index (χ1) is 8.95. The van der Waals surface area contributed by atoms with E-state index in [9.17, 15) is 9.18 Å². The molecule has 0 saturated heterocycles. The Kier molecular flexibility index (Phi) is 5.51. The first-order valence-corrected chi connectivity index (χ1v) is 6.06. The molecule has 1 rings (SSSR count). The average Bonchev–Trinajstić information content (AvgIpc) is 2.35. The molecular weight excluding hydrogens is 247 g/mol. The number of rotatable bonds is 6. The van der Waals surface area contributed by atoms with Gasteiger partial charge in [0.1, 0.15) is 11.6 Å². The zero-order valence-corrected chi connectivity index (χ0v) is 11.2. The van der Waals surface area contributed by atoms with Crippen LogP contribution in [0.25, 0.3) is 0 Å². The minimum atomic E-state index is -0.708. The summed E-state index contributed by atoms with van der Waals surface area (Å²) in [6.07, 6.45) is 0.863. The molecule has 0 spiro atoms. The number of halogens is 1. The summed E-state index contributed by atoms with van der Waals surface area (Å²) in [5.74, 6) is -0.425. The average molecular weight is 266 g/mol. The molecular formula is C14H19FN2O2. The fraction of sp³-hybridized carbons (Fsp3) is 0.357. The smallest absolute Gasteiger partial charge is 0.261 e. The van der Waals surface area contributed by atoms with E-state index in [2.05, 4.69) is 11.9 Å². The molecule has 4 nitrogen and oxygen atoms in total. The van der Waals surface area contributed by atoms with Crippen LogP contribution in [0.15, 0.2) is 30.9 Å². The minimum absolute atomic E-state index is 0.281. The maximum Gasteiger partial charge on any atom is 0.261 e. The van der Waals surface area contributed by atoms with Gasteiger partial charge in [0.05, 0.1) is 0 Å². The van der Waals surface area contributed by atoms with Crippen molar-refractivity contribution in [1.29, 1.82) is 0 Å². The molecule has 0 heterocycles. The zero-order valence-electron chi connectivity index (χ0n) is 11.2. The molecule has 0 saturated carbocycles. The Hall–Kier alpha value is -1.88. The maximum absolute atomic E-state index is 13.7. The molecule has 2 atom stereocenters. The summed E-state index contributed by atoms with van der Waals surface area (Å²) in [7, 11) is 0. The van der Waals surface area contributed by atoms with Gasteiger partial charge in [-0.25, -0.2) is 4.39 Å². The lowest BCUT2D eigenvalue weighted by Gasteiger charge is -2.15. The minimum Gasteiger partial charge on any atom is -0.481 e. The van der Waals surface area contributed by atoms with Crippen LogP contribution in [0.5, 0.6) is 5.75 Å². The molecule has 1 amide bonds. The van der Waals surface area contributed by atoms with Crippen LogP contribution in [0.3, 0.4) is 0 Å². The molecule has 0 aliphatic heterocycles. The highest BCUT2D eigenvalue weighted by molar-refractivity contribution is 5.80. The van der Waals surface area contributed by atoms with Gasteiger partial charge in [0.25, 0.3) is 5.91 Å². The monoisotopic (exact) mass is 266 g/mol. The number of benzene rings is 1. The molecule has 0 aliphatic carbocycles. The third-order valence-corrected chi connectivity index (χ3v) is 2.57. The predicted octanol–water partition coefficient (Wildman–Crippen LogP) is 1.91. The van der Waals surface area contributed by atoms with E-state index in [1.807, 2.05) is 0 Å². The third-order valence-electron chi connectivity index (χ3n) is 2.57. The van der Waals surface area contributed by atoms with Gasteiger partial charge >= 0.3 is 0 Å². The van der Waals surface area contributed by atoms with E-state index in [1.54, 1.807) is 32.1 Å². The van der Waals surface area contributed by atoms with Crippen molar-refractivity contribution in [2.24, 2.45) is 5.73 Å². The molecule has 3 N–H and O–H groups in total.